The number of anilines is 1. The van der Waals surface area contributed by atoms with Crippen molar-refractivity contribution < 1.29 is 28.6 Å². The molecule has 0 radical (unpaired) electrons. The molecule has 1 N–H and O–H groups in total. The SMILES string of the molecule is CCOc1cc(C2/C(=C(\O)c3ccccc3)C(=O)C(=O)N2c2nnc(SCc3ccccc3F)s2)ccc1OCCC(C)C. The molecule has 1 saturated heterocycles. The highest BCUT2D eigenvalue weighted by Gasteiger charge is 2.48. The molecule has 0 saturated carbocycles. The highest BCUT2D eigenvalue weighted by Crippen LogP contribution is 2.45. The summed E-state index contributed by atoms with van der Waals surface area (Å²) in [6.07, 6.45) is 0.860. The third-order valence-electron chi connectivity index (χ3n) is 6.94. The van der Waals surface area contributed by atoms with E-state index < -0.39 is 17.7 Å². The molecular weight excluding hydrogens is 602 g/mol. The van der Waals surface area contributed by atoms with Crippen molar-refractivity contribution in [2.24, 2.45) is 5.92 Å². The van der Waals surface area contributed by atoms with Crippen molar-refractivity contribution in [2.45, 2.75) is 43.3 Å². The second kappa shape index (κ2) is 14.0. The van der Waals surface area contributed by atoms with Gasteiger partial charge >= 0.3 is 5.91 Å². The minimum absolute atomic E-state index is 0.0760. The minimum Gasteiger partial charge on any atom is -0.507 e. The number of aliphatic hydroxyl groups is 1. The maximum atomic E-state index is 14.2. The molecule has 5 rings (SSSR count). The number of Topliss-reactive ketones (excluding diaryl/α,β-unsaturated/α-hetero) is 1. The van der Waals surface area contributed by atoms with E-state index in [1.165, 1.54) is 22.7 Å². The maximum Gasteiger partial charge on any atom is 0.301 e. The van der Waals surface area contributed by atoms with Crippen LogP contribution in [0.3, 0.4) is 0 Å². The van der Waals surface area contributed by atoms with Gasteiger partial charge in [-0.05, 0) is 48.6 Å². The van der Waals surface area contributed by atoms with Crippen LogP contribution < -0.4 is 14.4 Å². The van der Waals surface area contributed by atoms with Gasteiger partial charge in [-0.25, -0.2) is 4.39 Å². The minimum atomic E-state index is -1.02. The summed E-state index contributed by atoms with van der Waals surface area (Å²) in [6.45, 7) is 6.95. The van der Waals surface area contributed by atoms with Crippen LogP contribution in [-0.4, -0.2) is 40.2 Å². The average molecular weight is 634 g/mol. The van der Waals surface area contributed by atoms with Gasteiger partial charge < -0.3 is 14.6 Å². The second-order valence-corrected chi connectivity index (χ2v) is 12.6. The van der Waals surface area contributed by atoms with Gasteiger partial charge in [-0.1, -0.05) is 91.5 Å². The van der Waals surface area contributed by atoms with Gasteiger partial charge in [0, 0.05) is 11.3 Å². The molecule has 1 unspecified atom stereocenters. The summed E-state index contributed by atoms with van der Waals surface area (Å²) >= 11 is 2.39. The topological polar surface area (TPSA) is 102 Å². The molecule has 1 aliphatic heterocycles. The number of carbonyl (C=O) groups excluding carboxylic acids is 2. The van der Waals surface area contributed by atoms with Crippen LogP contribution in [0, 0.1) is 11.7 Å². The first-order valence-electron chi connectivity index (χ1n) is 14.2. The number of hydrogen-bond donors (Lipinski definition) is 1. The molecule has 3 aromatic carbocycles. The fourth-order valence-electron chi connectivity index (χ4n) is 4.70. The van der Waals surface area contributed by atoms with Crippen LogP contribution in [0.4, 0.5) is 9.52 Å². The van der Waals surface area contributed by atoms with E-state index in [1.807, 2.05) is 6.92 Å². The number of amides is 1. The van der Waals surface area contributed by atoms with Gasteiger partial charge in [-0.3, -0.25) is 14.5 Å². The van der Waals surface area contributed by atoms with E-state index in [0.717, 1.165) is 17.8 Å². The van der Waals surface area contributed by atoms with E-state index in [4.69, 9.17) is 9.47 Å². The summed E-state index contributed by atoms with van der Waals surface area (Å²) in [5.74, 6) is -0.538. The van der Waals surface area contributed by atoms with Crippen LogP contribution in [-0.2, 0) is 15.3 Å². The van der Waals surface area contributed by atoms with Crippen LogP contribution in [0.15, 0.2) is 82.7 Å². The van der Waals surface area contributed by atoms with Crippen LogP contribution in [0.25, 0.3) is 5.76 Å². The number of ketones is 1. The smallest absolute Gasteiger partial charge is 0.301 e. The van der Waals surface area contributed by atoms with Crippen molar-refractivity contribution in [2.75, 3.05) is 18.1 Å². The highest BCUT2D eigenvalue weighted by atomic mass is 32.2. The van der Waals surface area contributed by atoms with Gasteiger partial charge in [0.2, 0.25) is 5.13 Å². The van der Waals surface area contributed by atoms with Crippen molar-refractivity contribution in [3.63, 3.8) is 0 Å². The Kier molecular flexibility index (Phi) is 9.96. The molecule has 1 atom stereocenters. The van der Waals surface area contributed by atoms with Gasteiger partial charge in [0.05, 0.1) is 24.8 Å². The zero-order chi connectivity index (χ0) is 31.2. The van der Waals surface area contributed by atoms with Crippen LogP contribution >= 0.6 is 23.1 Å². The first kappa shape index (κ1) is 31.2. The number of thioether (sulfide) groups is 1. The fourth-order valence-corrected chi connectivity index (χ4v) is 6.55. The molecule has 1 fully saturated rings. The Bertz CT molecular complexity index is 1670. The van der Waals surface area contributed by atoms with E-state index in [-0.39, 0.29) is 22.3 Å². The fraction of sp³-hybridized carbons (Fsp3) is 0.273. The maximum absolute atomic E-state index is 14.2. The number of hydrogen-bond acceptors (Lipinski definition) is 9. The Morgan fingerprint density at radius 2 is 1.77 bits per heavy atom. The van der Waals surface area contributed by atoms with Crippen molar-refractivity contribution in [3.8, 4) is 11.5 Å². The van der Waals surface area contributed by atoms with Crippen LogP contribution in [0.1, 0.15) is 49.9 Å². The number of carbonyl (C=O) groups is 2. The third-order valence-corrected chi connectivity index (χ3v) is 9.04. The number of aromatic nitrogens is 2. The summed E-state index contributed by atoms with van der Waals surface area (Å²) in [5.41, 5.74) is 1.36. The summed E-state index contributed by atoms with van der Waals surface area (Å²) in [5, 5.41) is 20.0. The molecule has 0 aliphatic carbocycles. The Morgan fingerprint density at radius 1 is 1.02 bits per heavy atom. The van der Waals surface area contributed by atoms with E-state index in [1.54, 1.807) is 66.7 Å². The average Bonchev–Trinajstić information content (AvgIpc) is 3.59. The van der Waals surface area contributed by atoms with Crippen molar-refractivity contribution >= 4 is 45.7 Å². The quantitative estimate of drug-likeness (QED) is 0.0566. The van der Waals surface area contributed by atoms with E-state index in [9.17, 15) is 19.1 Å². The summed E-state index contributed by atoms with van der Waals surface area (Å²) < 4.78 is 26.6. The van der Waals surface area contributed by atoms with E-state index >= 15 is 0 Å². The monoisotopic (exact) mass is 633 g/mol. The lowest BCUT2D eigenvalue weighted by molar-refractivity contribution is -0.132. The van der Waals surface area contributed by atoms with Crippen molar-refractivity contribution in [1.82, 2.24) is 10.2 Å². The molecule has 1 aliphatic rings. The highest BCUT2D eigenvalue weighted by molar-refractivity contribution is 8.00. The molecule has 8 nitrogen and oxygen atoms in total. The Morgan fingerprint density at radius 3 is 2.50 bits per heavy atom. The van der Waals surface area contributed by atoms with Crippen LogP contribution in [0.5, 0.6) is 11.5 Å². The molecule has 1 aromatic heterocycles. The number of nitrogens with zero attached hydrogens (tertiary/aromatic N) is 3. The predicted octanol–water partition coefficient (Wildman–Crippen LogP) is 7.42. The van der Waals surface area contributed by atoms with Crippen LogP contribution in [0.2, 0.25) is 0 Å². The number of rotatable bonds is 12. The molecule has 1 amide bonds. The Hall–Kier alpha value is -4.22. The Labute approximate surface area is 263 Å². The van der Waals surface area contributed by atoms with Crippen molar-refractivity contribution in [3.05, 3.63) is 101 Å². The molecule has 0 bridgehead atoms. The lowest BCUT2D eigenvalue weighted by Gasteiger charge is -2.23. The molecule has 11 heteroatoms. The molecule has 2 heterocycles. The number of aliphatic hydroxyl groups excluding tert-OH is 1. The molecule has 4 aromatic rings. The molecule has 228 valence electrons. The number of benzene rings is 3. The van der Waals surface area contributed by atoms with Gasteiger partial charge in [-0.15, -0.1) is 10.2 Å². The lowest BCUT2D eigenvalue weighted by atomic mass is 9.95. The number of halogens is 1. The first-order valence-corrected chi connectivity index (χ1v) is 16.0. The second-order valence-electron chi connectivity index (χ2n) is 10.4. The third kappa shape index (κ3) is 6.79. The lowest BCUT2D eigenvalue weighted by Crippen LogP contribution is -2.29. The van der Waals surface area contributed by atoms with Crippen molar-refractivity contribution in [1.29, 1.82) is 0 Å². The molecule has 0 spiro atoms. The molecular formula is C33H32FN3O5S2. The zero-order valence-electron chi connectivity index (χ0n) is 24.5. The largest absolute Gasteiger partial charge is 0.507 e. The zero-order valence-corrected chi connectivity index (χ0v) is 26.2. The van der Waals surface area contributed by atoms with E-state index in [0.29, 0.717) is 57.4 Å². The predicted molar refractivity (Wildman–Crippen MR) is 170 cm³/mol. The summed E-state index contributed by atoms with van der Waals surface area (Å²) in [7, 11) is 0. The van der Waals surface area contributed by atoms with Gasteiger partial charge in [0.1, 0.15) is 11.6 Å². The Balaban J connectivity index is 1.55. The van der Waals surface area contributed by atoms with Gasteiger partial charge in [-0.2, -0.15) is 0 Å². The summed E-state index contributed by atoms with van der Waals surface area (Å²) in [4.78, 5) is 28.4. The van der Waals surface area contributed by atoms with Gasteiger partial charge in [0.25, 0.3) is 5.78 Å². The van der Waals surface area contributed by atoms with E-state index in [2.05, 4.69) is 24.0 Å². The van der Waals surface area contributed by atoms with Gasteiger partial charge in [0.15, 0.2) is 15.8 Å². The number of ether oxygens (including phenoxy) is 2. The first-order chi connectivity index (χ1) is 21.3. The molecule has 44 heavy (non-hydrogen) atoms. The normalized spacial score (nSPS) is 16.1. The summed E-state index contributed by atoms with van der Waals surface area (Å²) in [6, 6.07) is 19.3. The standard InChI is InChI=1S/C33H32FN3O5S2/c1-4-41-26-18-22(14-15-25(26)42-17-16-20(2)3)28-27(29(38)21-10-6-5-7-11-21)30(39)31(40)37(28)32-35-36-33(44-32)43-19-23-12-8-9-13-24(23)34/h5-15,18,20,28,38H,4,16-17,19H2,1-3H3/b29-27+.